The van der Waals surface area contributed by atoms with Crippen LogP contribution in [0.15, 0.2) is 66.8 Å². The molecule has 0 unspecified atom stereocenters. The third-order valence-corrected chi connectivity index (χ3v) is 4.43. The third-order valence-electron chi connectivity index (χ3n) is 4.43. The molecule has 0 aromatic heterocycles. The Kier molecular flexibility index (Phi) is 7.04. The number of ether oxygens (including phenoxy) is 2. The first-order valence-electron chi connectivity index (χ1n) is 9.39. The van der Waals surface area contributed by atoms with Gasteiger partial charge in [-0.2, -0.15) is 5.26 Å². The molecule has 6 heteroatoms. The van der Waals surface area contributed by atoms with Crippen LogP contribution in [-0.2, 0) is 9.53 Å². The van der Waals surface area contributed by atoms with E-state index < -0.39 is 5.91 Å². The maximum absolute atomic E-state index is 12.5. The minimum atomic E-state index is -0.446. The first kappa shape index (κ1) is 20.2. The van der Waals surface area contributed by atoms with Gasteiger partial charge >= 0.3 is 0 Å². The summed E-state index contributed by atoms with van der Waals surface area (Å²) in [4.78, 5) is 14.7. The van der Waals surface area contributed by atoms with Crippen LogP contribution in [0.25, 0.3) is 6.08 Å². The number of nitriles is 1. The van der Waals surface area contributed by atoms with Crippen molar-refractivity contribution in [3.63, 3.8) is 0 Å². The number of hydrogen-bond donors (Lipinski definition) is 1. The van der Waals surface area contributed by atoms with E-state index in [2.05, 4.69) is 16.8 Å². The van der Waals surface area contributed by atoms with Gasteiger partial charge in [0.15, 0.2) is 0 Å². The number of amides is 1. The molecule has 0 radical (unpaired) electrons. The number of carbonyl (C=O) groups is 1. The number of benzene rings is 2. The standard InChI is InChI=1S/C23H23N3O3/c1-2-13-29-22-9-3-18(4-10-22)16-19(17-24)23(27)25-20-5-7-21(8-6-20)26-11-14-28-15-12-26/h2-10,16H,1,11-15H2,(H,25,27). The van der Waals surface area contributed by atoms with Gasteiger partial charge in [0.05, 0.1) is 13.2 Å². The Morgan fingerprint density at radius 3 is 2.48 bits per heavy atom. The number of anilines is 2. The average molecular weight is 389 g/mol. The van der Waals surface area contributed by atoms with E-state index >= 15 is 0 Å². The minimum Gasteiger partial charge on any atom is -0.490 e. The SMILES string of the molecule is C=CCOc1ccc(C=C(C#N)C(=O)Nc2ccc(N3CCOCC3)cc2)cc1. The topological polar surface area (TPSA) is 74.6 Å². The van der Waals surface area contributed by atoms with Crippen LogP contribution in [0, 0.1) is 11.3 Å². The van der Waals surface area contributed by atoms with Crippen molar-refractivity contribution in [1.82, 2.24) is 0 Å². The fourth-order valence-electron chi connectivity index (χ4n) is 2.91. The molecule has 1 amide bonds. The molecule has 1 aliphatic heterocycles. The summed E-state index contributed by atoms with van der Waals surface area (Å²) in [5.74, 6) is 0.254. The van der Waals surface area contributed by atoms with E-state index in [0.717, 1.165) is 37.6 Å². The molecule has 3 rings (SSSR count). The lowest BCUT2D eigenvalue weighted by Crippen LogP contribution is -2.36. The number of rotatable bonds is 7. The summed E-state index contributed by atoms with van der Waals surface area (Å²) >= 11 is 0. The van der Waals surface area contributed by atoms with Crippen LogP contribution >= 0.6 is 0 Å². The Hall–Kier alpha value is -3.56. The van der Waals surface area contributed by atoms with E-state index in [1.807, 2.05) is 30.3 Å². The molecule has 2 aromatic carbocycles. The molecule has 148 valence electrons. The zero-order valence-corrected chi connectivity index (χ0v) is 16.1. The van der Waals surface area contributed by atoms with Crippen molar-refractivity contribution in [2.75, 3.05) is 43.1 Å². The van der Waals surface area contributed by atoms with E-state index in [1.165, 1.54) is 0 Å². The smallest absolute Gasteiger partial charge is 0.266 e. The predicted molar refractivity (Wildman–Crippen MR) is 114 cm³/mol. The molecular weight excluding hydrogens is 366 g/mol. The Balaban J connectivity index is 1.64. The van der Waals surface area contributed by atoms with Gasteiger partial charge in [-0.1, -0.05) is 24.8 Å². The van der Waals surface area contributed by atoms with Gasteiger partial charge in [-0.3, -0.25) is 4.79 Å². The third kappa shape index (κ3) is 5.71. The van der Waals surface area contributed by atoms with Crippen LogP contribution in [-0.4, -0.2) is 38.8 Å². The van der Waals surface area contributed by atoms with Crippen molar-refractivity contribution in [1.29, 1.82) is 5.26 Å². The number of nitrogens with zero attached hydrogens (tertiary/aromatic N) is 2. The largest absolute Gasteiger partial charge is 0.490 e. The molecule has 0 atom stereocenters. The number of nitrogens with one attached hydrogen (secondary N) is 1. The molecule has 0 saturated carbocycles. The highest BCUT2D eigenvalue weighted by atomic mass is 16.5. The summed E-state index contributed by atoms with van der Waals surface area (Å²) in [5.41, 5.74) is 2.50. The zero-order valence-electron chi connectivity index (χ0n) is 16.1. The second-order valence-electron chi connectivity index (χ2n) is 6.44. The van der Waals surface area contributed by atoms with Crippen molar-refractivity contribution in [3.05, 3.63) is 72.3 Å². The van der Waals surface area contributed by atoms with Crippen LogP contribution in [0.2, 0.25) is 0 Å². The molecule has 1 fully saturated rings. The van der Waals surface area contributed by atoms with Crippen LogP contribution < -0.4 is 15.0 Å². The number of carbonyl (C=O) groups excluding carboxylic acids is 1. The van der Waals surface area contributed by atoms with Crippen molar-refractivity contribution in [2.24, 2.45) is 0 Å². The first-order chi connectivity index (χ1) is 14.2. The van der Waals surface area contributed by atoms with Gasteiger partial charge in [0.25, 0.3) is 5.91 Å². The van der Waals surface area contributed by atoms with E-state index in [-0.39, 0.29) is 5.57 Å². The van der Waals surface area contributed by atoms with Crippen LogP contribution in [0.1, 0.15) is 5.56 Å². The molecule has 0 bridgehead atoms. The second kappa shape index (κ2) is 10.1. The summed E-state index contributed by atoms with van der Waals surface area (Å²) < 4.78 is 10.8. The van der Waals surface area contributed by atoms with Gasteiger partial charge in [0, 0.05) is 24.5 Å². The minimum absolute atomic E-state index is 0.0296. The van der Waals surface area contributed by atoms with Gasteiger partial charge in [0.1, 0.15) is 24.0 Å². The lowest BCUT2D eigenvalue weighted by molar-refractivity contribution is -0.112. The molecule has 29 heavy (non-hydrogen) atoms. The van der Waals surface area contributed by atoms with Crippen LogP contribution in [0.5, 0.6) is 5.75 Å². The Morgan fingerprint density at radius 2 is 1.86 bits per heavy atom. The highest BCUT2D eigenvalue weighted by Crippen LogP contribution is 2.20. The van der Waals surface area contributed by atoms with Gasteiger partial charge in [-0.05, 0) is 48.0 Å². The quantitative estimate of drug-likeness (QED) is 0.445. The van der Waals surface area contributed by atoms with Crippen molar-refractivity contribution < 1.29 is 14.3 Å². The van der Waals surface area contributed by atoms with E-state index in [1.54, 1.807) is 36.4 Å². The van der Waals surface area contributed by atoms with Crippen LogP contribution in [0.3, 0.4) is 0 Å². The molecule has 0 aliphatic carbocycles. The molecule has 1 heterocycles. The number of morpholine rings is 1. The Bertz CT molecular complexity index is 906. The monoisotopic (exact) mass is 389 g/mol. The van der Waals surface area contributed by atoms with E-state index in [9.17, 15) is 10.1 Å². The zero-order chi connectivity index (χ0) is 20.5. The van der Waals surface area contributed by atoms with Gasteiger partial charge in [-0.25, -0.2) is 0 Å². The molecule has 2 aromatic rings. The van der Waals surface area contributed by atoms with Crippen LogP contribution in [0.4, 0.5) is 11.4 Å². The maximum atomic E-state index is 12.5. The van der Waals surface area contributed by atoms with E-state index in [4.69, 9.17) is 9.47 Å². The summed E-state index contributed by atoms with van der Waals surface area (Å²) in [7, 11) is 0. The predicted octanol–water partition coefficient (Wildman–Crippen LogP) is 3.63. The molecule has 1 N–H and O–H groups in total. The number of hydrogen-bond acceptors (Lipinski definition) is 5. The highest BCUT2D eigenvalue weighted by molar-refractivity contribution is 6.09. The van der Waals surface area contributed by atoms with Crippen molar-refractivity contribution in [2.45, 2.75) is 0 Å². The fourth-order valence-corrected chi connectivity index (χ4v) is 2.91. The van der Waals surface area contributed by atoms with Gasteiger partial charge in [0.2, 0.25) is 0 Å². The molecule has 0 spiro atoms. The lowest BCUT2D eigenvalue weighted by atomic mass is 10.1. The Labute approximate surface area is 170 Å². The maximum Gasteiger partial charge on any atom is 0.266 e. The van der Waals surface area contributed by atoms with Crippen molar-refractivity contribution in [3.8, 4) is 11.8 Å². The van der Waals surface area contributed by atoms with Gasteiger partial charge in [-0.15, -0.1) is 0 Å². The Morgan fingerprint density at radius 1 is 1.17 bits per heavy atom. The summed E-state index contributed by atoms with van der Waals surface area (Å²) in [5, 5.41) is 12.2. The summed E-state index contributed by atoms with van der Waals surface area (Å²) in [6.45, 7) is 7.17. The highest BCUT2D eigenvalue weighted by Gasteiger charge is 2.12. The average Bonchev–Trinajstić information content (AvgIpc) is 2.78. The summed E-state index contributed by atoms with van der Waals surface area (Å²) in [6.07, 6.45) is 3.22. The molecule has 1 saturated heterocycles. The van der Waals surface area contributed by atoms with Crippen molar-refractivity contribution >= 4 is 23.4 Å². The molecular formula is C23H23N3O3. The molecule has 6 nitrogen and oxygen atoms in total. The van der Waals surface area contributed by atoms with E-state index in [0.29, 0.717) is 18.0 Å². The fraction of sp³-hybridized carbons (Fsp3) is 0.217. The first-order valence-corrected chi connectivity index (χ1v) is 9.39. The molecule has 1 aliphatic rings. The van der Waals surface area contributed by atoms with Gasteiger partial charge < -0.3 is 19.7 Å². The summed E-state index contributed by atoms with van der Waals surface area (Å²) in [6, 6.07) is 16.7. The second-order valence-corrected chi connectivity index (χ2v) is 6.44. The normalized spacial score (nSPS) is 14.0. The lowest BCUT2D eigenvalue weighted by Gasteiger charge is -2.28.